The molecule has 0 radical (unpaired) electrons. The van der Waals surface area contributed by atoms with Crippen molar-refractivity contribution in [2.75, 3.05) is 18.4 Å². The summed E-state index contributed by atoms with van der Waals surface area (Å²) in [6.45, 7) is 1.05. The number of aromatic nitrogens is 2. The van der Waals surface area contributed by atoms with Crippen molar-refractivity contribution in [1.82, 2.24) is 14.3 Å². The van der Waals surface area contributed by atoms with Crippen LogP contribution < -0.4 is 5.32 Å². The van der Waals surface area contributed by atoms with E-state index in [0.717, 1.165) is 25.2 Å². The smallest absolute Gasteiger partial charge is 0.222 e. The van der Waals surface area contributed by atoms with Crippen molar-refractivity contribution in [3.05, 3.63) is 18.2 Å². The largest absolute Gasteiger partial charge is 0.351 e. The molecule has 1 aliphatic carbocycles. The van der Waals surface area contributed by atoms with E-state index in [0.29, 0.717) is 31.9 Å². The molecule has 1 saturated carbocycles. The zero-order chi connectivity index (χ0) is 14.2. The Morgan fingerprint density at radius 2 is 1.75 bits per heavy atom. The maximum Gasteiger partial charge on any atom is 0.222 e. The van der Waals surface area contributed by atoms with E-state index in [1.54, 1.807) is 4.31 Å². The van der Waals surface area contributed by atoms with Gasteiger partial charge < -0.3 is 5.32 Å². The van der Waals surface area contributed by atoms with E-state index in [1.807, 2.05) is 0 Å². The second-order valence-electron chi connectivity index (χ2n) is 5.29. The summed E-state index contributed by atoms with van der Waals surface area (Å²) in [5, 5.41) is 2.97. The third kappa shape index (κ3) is 2.90. The van der Waals surface area contributed by atoms with Crippen molar-refractivity contribution in [1.29, 1.82) is 0 Å². The number of halogens is 1. The van der Waals surface area contributed by atoms with Gasteiger partial charge in [-0.15, -0.1) is 0 Å². The third-order valence-electron chi connectivity index (χ3n) is 3.71. The van der Waals surface area contributed by atoms with Crippen LogP contribution in [-0.4, -0.2) is 47.1 Å². The van der Waals surface area contributed by atoms with E-state index in [9.17, 15) is 12.8 Å². The van der Waals surface area contributed by atoms with E-state index >= 15 is 0 Å². The molecule has 2 fully saturated rings. The van der Waals surface area contributed by atoms with Crippen LogP contribution in [0.15, 0.2) is 12.4 Å². The molecule has 0 spiro atoms. The average molecular weight is 300 g/mol. The number of nitrogens with zero attached hydrogens (tertiary/aromatic N) is 3. The van der Waals surface area contributed by atoms with E-state index in [4.69, 9.17) is 0 Å². The van der Waals surface area contributed by atoms with E-state index in [1.165, 1.54) is 0 Å². The van der Waals surface area contributed by atoms with Crippen molar-refractivity contribution >= 4 is 16.0 Å². The SMILES string of the molecule is O=S(=O)(C1CC1)N1CCC(Nc2ncc(F)cn2)CC1. The van der Waals surface area contributed by atoms with Gasteiger partial charge in [-0.2, -0.15) is 0 Å². The maximum absolute atomic E-state index is 12.7. The fourth-order valence-electron chi connectivity index (χ4n) is 2.40. The molecule has 0 unspecified atom stereocenters. The van der Waals surface area contributed by atoms with Crippen molar-refractivity contribution in [3.63, 3.8) is 0 Å². The number of anilines is 1. The molecule has 1 saturated heterocycles. The molecule has 3 rings (SSSR count). The Hall–Kier alpha value is -1.28. The Morgan fingerprint density at radius 3 is 2.30 bits per heavy atom. The first-order valence-corrected chi connectivity index (χ1v) is 8.29. The topological polar surface area (TPSA) is 75.2 Å². The van der Waals surface area contributed by atoms with Crippen molar-refractivity contribution in [2.24, 2.45) is 0 Å². The summed E-state index contributed by atoms with van der Waals surface area (Å²) < 4.78 is 38.5. The molecule has 6 nitrogen and oxygen atoms in total. The highest BCUT2D eigenvalue weighted by molar-refractivity contribution is 7.90. The Morgan fingerprint density at radius 1 is 1.15 bits per heavy atom. The van der Waals surface area contributed by atoms with E-state index < -0.39 is 15.8 Å². The zero-order valence-electron chi connectivity index (χ0n) is 11.0. The molecular formula is C12H17FN4O2S. The normalized spacial score (nSPS) is 21.9. The molecule has 2 aliphatic rings. The molecule has 0 aromatic carbocycles. The Kier molecular flexibility index (Phi) is 3.59. The second kappa shape index (κ2) is 5.25. The molecule has 0 amide bonds. The number of nitrogens with one attached hydrogen (secondary N) is 1. The van der Waals surface area contributed by atoms with Crippen molar-refractivity contribution in [3.8, 4) is 0 Å². The molecule has 0 atom stereocenters. The molecule has 1 aromatic heterocycles. The first kappa shape index (κ1) is 13.7. The average Bonchev–Trinajstić information content (AvgIpc) is 3.27. The first-order chi connectivity index (χ1) is 9.55. The Bertz CT molecular complexity index is 566. The number of sulfonamides is 1. The van der Waals surface area contributed by atoms with Crippen LogP contribution in [0.2, 0.25) is 0 Å². The van der Waals surface area contributed by atoms with Gasteiger partial charge in [-0.25, -0.2) is 27.1 Å². The molecular weight excluding hydrogens is 283 g/mol. The van der Waals surface area contributed by atoms with Gasteiger partial charge in [0.2, 0.25) is 16.0 Å². The summed E-state index contributed by atoms with van der Waals surface area (Å²) in [7, 11) is -3.07. The predicted molar refractivity (Wildman–Crippen MR) is 72.1 cm³/mol. The lowest BCUT2D eigenvalue weighted by atomic mass is 10.1. The van der Waals surface area contributed by atoms with Crippen molar-refractivity contribution in [2.45, 2.75) is 37.0 Å². The van der Waals surface area contributed by atoms with E-state index in [-0.39, 0.29) is 11.3 Å². The van der Waals surface area contributed by atoms with Crippen molar-refractivity contribution < 1.29 is 12.8 Å². The van der Waals surface area contributed by atoms with Gasteiger partial charge in [-0.05, 0) is 25.7 Å². The van der Waals surface area contributed by atoms with Crippen LogP contribution >= 0.6 is 0 Å². The summed E-state index contributed by atoms with van der Waals surface area (Å²) in [6, 6.07) is 0.131. The minimum atomic E-state index is -3.07. The summed E-state index contributed by atoms with van der Waals surface area (Å²) in [4.78, 5) is 7.70. The molecule has 0 bridgehead atoms. The lowest BCUT2D eigenvalue weighted by molar-refractivity contribution is 0.328. The Labute approximate surface area is 117 Å². The molecule has 2 heterocycles. The quantitative estimate of drug-likeness (QED) is 0.897. The number of hydrogen-bond acceptors (Lipinski definition) is 5. The zero-order valence-corrected chi connectivity index (χ0v) is 11.8. The molecule has 1 N–H and O–H groups in total. The standard InChI is InChI=1S/C12H17FN4O2S/c13-9-7-14-12(15-8-9)16-10-3-5-17(6-4-10)20(18,19)11-1-2-11/h7-8,10-11H,1-6H2,(H,14,15,16). The van der Waals surface area contributed by atoms with Crippen LogP contribution in [0.25, 0.3) is 0 Å². The van der Waals surface area contributed by atoms with Gasteiger partial charge in [0.25, 0.3) is 0 Å². The third-order valence-corrected chi connectivity index (χ3v) is 6.11. The summed E-state index contributed by atoms with van der Waals surface area (Å²) in [5.41, 5.74) is 0. The van der Waals surface area contributed by atoms with Gasteiger partial charge in [0.05, 0.1) is 17.6 Å². The number of rotatable bonds is 4. The van der Waals surface area contributed by atoms with Gasteiger partial charge in [0, 0.05) is 19.1 Å². The highest BCUT2D eigenvalue weighted by Gasteiger charge is 2.41. The summed E-state index contributed by atoms with van der Waals surface area (Å²) in [6.07, 6.45) is 5.25. The van der Waals surface area contributed by atoms with Gasteiger partial charge in [-0.3, -0.25) is 0 Å². The van der Waals surface area contributed by atoms with Gasteiger partial charge >= 0.3 is 0 Å². The lowest BCUT2D eigenvalue weighted by Crippen LogP contribution is -2.43. The highest BCUT2D eigenvalue weighted by atomic mass is 32.2. The number of hydrogen-bond donors (Lipinski definition) is 1. The van der Waals surface area contributed by atoms with Crippen LogP contribution in [0.1, 0.15) is 25.7 Å². The van der Waals surface area contributed by atoms with Gasteiger partial charge in [0.15, 0.2) is 5.82 Å². The summed E-state index contributed by atoms with van der Waals surface area (Å²) >= 11 is 0. The molecule has 1 aromatic rings. The van der Waals surface area contributed by atoms with Gasteiger partial charge in [-0.1, -0.05) is 0 Å². The van der Waals surface area contributed by atoms with E-state index in [2.05, 4.69) is 15.3 Å². The molecule has 8 heteroatoms. The molecule has 1 aliphatic heterocycles. The summed E-state index contributed by atoms with van der Waals surface area (Å²) in [5.74, 6) is -0.0872. The van der Waals surface area contributed by atoms with Gasteiger partial charge in [0.1, 0.15) is 0 Å². The fourth-order valence-corrected chi connectivity index (χ4v) is 4.27. The number of piperidine rings is 1. The predicted octanol–water partition coefficient (Wildman–Crippen LogP) is 0.984. The Balaban J connectivity index is 1.54. The van der Waals surface area contributed by atoms with Crippen LogP contribution in [0.5, 0.6) is 0 Å². The van der Waals surface area contributed by atoms with Crippen LogP contribution in [0.3, 0.4) is 0 Å². The highest BCUT2D eigenvalue weighted by Crippen LogP contribution is 2.32. The van der Waals surface area contributed by atoms with Crippen LogP contribution in [-0.2, 0) is 10.0 Å². The minimum Gasteiger partial charge on any atom is -0.351 e. The second-order valence-corrected chi connectivity index (χ2v) is 7.50. The monoisotopic (exact) mass is 300 g/mol. The first-order valence-electron chi connectivity index (χ1n) is 6.79. The van der Waals surface area contributed by atoms with Crippen LogP contribution in [0, 0.1) is 5.82 Å². The molecule has 110 valence electrons. The van der Waals surface area contributed by atoms with Crippen LogP contribution in [0.4, 0.5) is 10.3 Å². The molecule has 20 heavy (non-hydrogen) atoms. The minimum absolute atomic E-state index is 0.131. The fraction of sp³-hybridized carbons (Fsp3) is 0.667. The lowest BCUT2D eigenvalue weighted by Gasteiger charge is -2.31. The maximum atomic E-state index is 12.7.